The lowest BCUT2D eigenvalue weighted by molar-refractivity contribution is -0.432. The summed E-state index contributed by atoms with van der Waals surface area (Å²) in [5.74, 6) is 0. The van der Waals surface area contributed by atoms with Gasteiger partial charge in [0.25, 0.3) is 10.1 Å². The van der Waals surface area contributed by atoms with Crippen LogP contribution in [0.3, 0.4) is 0 Å². The van der Waals surface area contributed by atoms with Gasteiger partial charge in [-0.15, -0.1) is 4.33 Å². The van der Waals surface area contributed by atoms with E-state index in [2.05, 4.69) is 9.37 Å². The lowest BCUT2D eigenvalue weighted by Gasteiger charge is -2.25. The number of rotatable bonds is 7. The predicted molar refractivity (Wildman–Crippen MR) is 111 cm³/mol. The second-order valence-corrected chi connectivity index (χ2v) is 10.2. The van der Waals surface area contributed by atoms with Gasteiger partial charge in [0.05, 0.1) is 59.2 Å². The first-order valence-electron chi connectivity index (χ1n) is 8.30. The molecule has 0 unspecified atom stereocenters. The van der Waals surface area contributed by atoms with Crippen LogP contribution in [0.5, 0.6) is 0 Å². The highest BCUT2D eigenvalue weighted by atomic mass is 32.2. The van der Waals surface area contributed by atoms with Crippen LogP contribution >= 0.6 is 12.0 Å². The molecule has 0 fully saturated rings. The van der Waals surface area contributed by atoms with E-state index in [1.54, 1.807) is 24.3 Å². The summed E-state index contributed by atoms with van der Waals surface area (Å²) in [6, 6.07) is 10.3. The molecule has 2 N–H and O–H groups in total. The Labute approximate surface area is 169 Å². The van der Waals surface area contributed by atoms with Crippen LogP contribution in [0.15, 0.2) is 46.2 Å². The second kappa shape index (κ2) is 8.09. The zero-order valence-electron chi connectivity index (χ0n) is 16.7. The normalized spacial score (nSPS) is 13.0. The fraction of sp³-hybridized carbons (Fsp3) is 0.333. The van der Waals surface area contributed by atoms with E-state index in [9.17, 15) is 13.0 Å². The summed E-state index contributed by atoms with van der Waals surface area (Å²) in [6.07, 6.45) is 0. The molecule has 0 atom stereocenters. The van der Waals surface area contributed by atoms with Crippen molar-refractivity contribution in [2.45, 2.75) is 9.79 Å². The highest BCUT2D eigenvalue weighted by Crippen LogP contribution is 2.40. The smallest absolute Gasteiger partial charge is 0.295 e. The molecule has 2 rings (SSSR count). The number of hydrogen-bond acceptors (Lipinski definition) is 6. The molecule has 154 valence electrons. The average molecular weight is 431 g/mol. The number of hydrogen-bond donors (Lipinski definition) is 2. The molecule has 0 heterocycles. The summed E-state index contributed by atoms with van der Waals surface area (Å²) in [7, 11) is 7.14. The van der Waals surface area contributed by atoms with E-state index in [0.717, 1.165) is 17.7 Å². The van der Waals surface area contributed by atoms with Gasteiger partial charge >= 0.3 is 0 Å². The maximum atomic E-state index is 12.1. The molecule has 28 heavy (non-hydrogen) atoms. The van der Waals surface area contributed by atoms with E-state index in [1.807, 2.05) is 48.4 Å². The molecule has 0 saturated carbocycles. The summed E-state index contributed by atoms with van der Waals surface area (Å²) in [5, 5.41) is 12.3. The Hall–Kier alpha value is -1.50. The Morgan fingerprint density at radius 1 is 0.857 bits per heavy atom. The molecule has 0 spiro atoms. The molecule has 0 radical (unpaired) electrons. The van der Waals surface area contributed by atoms with Gasteiger partial charge in [-0.2, -0.15) is 8.42 Å². The quantitative estimate of drug-likeness (QED) is 0.229. The minimum absolute atomic E-state index is 0.206. The maximum Gasteiger partial charge on any atom is 0.295 e. The highest BCUT2D eigenvalue weighted by molar-refractivity contribution is 7.94. The van der Waals surface area contributed by atoms with Crippen LogP contribution in [0.2, 0.25) is 0 Å². The van der Waals surface area contributed by atoms with Gasteiger partial charge in [0.2, 0.25) is 0 Å². The highest BCUT2D eigenvalue weighted by Gasteiger charge is 2.25. The van der Waals surface area contributed by atoms with Crippen molar-refractivity contribution in [3.63, 3.8) is 0 Å². The lowest BCUT2D eigenvalue weighted by atomic mass is 10.0. The predicted octanol–water partition coefficient (Wildman–Crippen LogP) is 3.42. The van der Waals surface area contributed by atoms with Crippen LogP contribution in [-0.4, -0.2) is 60.5 Å². The van der Waals surface area contributed by atoms with Gasteiger partial charge in [-0.25, -0.2) is 5.26 Å². The summed E-state index contributed by atoms with van der Waals surface area (Å²) in [5.41, 5.74) is 2.46. The van der Waals surface area contributed by atoms with Crippen LogP contribution < -0.4 is 8.97 Å². The van der Waals surface area contributed by atoms with E-state index in [1.165, 1.54) is 6.07 Å². The summed E-state index contributed by atoms with van der Waals surface area (Å²) in [6.45, 7) is 0. The van der Waals surface area contributed by atoms with Gasteiger partial charge in [0, 0.05) is 17.7 Å². The third kappa shape index (κ3) is 5.31. The van der Waals surface area contributed by atoms with Crippen LogP contribution in [0.1, 0.15) is 0 Å². The molecule has 0 saturated heterocycles. The first kappa shape index (κ1) is 22.8. The SMILES string of the molecule is C[N+](C)(C)c1ccc(-c2ccc([N+](C)(C)C)cc2S(=O)(=O)O)c(SOOO)c1. The molecular formula is C18H26N2O6S2+2. The van der Waals surface area contributed by atoms with Crippen molar-refractivity contribution in [2.75, 3.05) is 42.3 Å². The molecule has 0 amide bonds. The van der Waals surface area contributed by atoms with Gasteiger partial charge < -0.3 is 0 Å². The Morgan fingerprint density at radius 2 is 1.36 bits per heavy atom. The Kier molecular flexibility index (Phi) is 6.58. The first-order valence-corrected chi connectivity index (χ1v) is 10.5. The first-order chi connectivity index (χ1) is 12.7. The minimum Gasteiger partial charge on any atom is -0.298 e. The lowest BCUT2D eigenvalue weighted by Crippen LogP contribution is -2.35. The molecule has 0 aliphatic heterocycles. The molecule has 0 aliphatic rings. The Morgan fingerprint density at radius 3 is 1.82 bits per heavy atom. The van der Waals surface area contributed by atoms with E-state index in [-0.39, 0.29) is 4.90 Å². The third-order valence-corrected chi connectivity index (χ3v) is 5.74. The summed E-state index contributed by atoms with van der Waals surface area (Å²) in [4.78, 5) is 0.310. The largest absolute Gasteiger partial charge is 0.298 e. The van der Waals surface area contributed by atoms with E-state index >= 15 is 0 Å². The number of benzene rings is 2. The molecule has 8 nitrogen and oxygen atoms in total. The Balaban J connectivity index is 2.75. The van der Waals surface area contributed by atoms with Gasteiger partial charge in [-0.3, -0.25) is 13.5 Å². The molecule has 0 aliphatic carbocycles. The zero-order chi connectivity index (χ0) is 21.3. The molecule has 0 bridgehead atoms. The minimum atomic E-state index is -4.48. The fourth-order valence-electron chi connectivity index (χ4n) is 2.64. The zero-order valence-corrected chi connectivity index (χ0v) is 18.3. The van der Waals surface area contributed by atoms with Crippen molar-refractivity contribution in [3.8, 4) is 11.1 Å². The van der Waals surface area contributed by atoms with Gasteiger partial charge in [0.1, 0.15) is 16.3 Å². The van der Waals surface area contributed by atoms with Gasteiger partial charge in [0.15, 0.2) is 0 Å². The van der Waals surface area contributed by atoms with Crippen LogP contribution in [-0.2, 0) is 19.5 Å². The molecule has 10 heteroatoms. The van der Waals surface area contributed by atoms with Crippen molar-refractivity contribution in [1.29, 1.82) is 0 Å². The van der Waals surface area contributed by atoms with Gasteiger partial charge in [-0.05, 0) is 29.8 Å². The molecule has 0 aromatic heterocycles. The average Bonchev–Trinajstić information content (AvgIpc) is 2.57. The van der Waals surface area contributed by atoms with Crippen molar-refractivity contribution in [1.82, 2.24) is 8.97 Å². The topological polar surface area (TPSA) is 93.1 Å². The maximum absolute atomic E-state index is 12.1. The number of nitrogens with zero attached hydrogens (tertiary/aromatic N) is 2. The van der Waals surface area contributed by atoms with Crippen molar-refractivity contribution in [3.05, 3.63) is 36.4 Å². The van der Waals surface area contributed by atoms with Crippen LogP contribution in [0, 0.1) is 0 Å². The Bertz CT molecular complexity index is 963. The second-order valence-electron chi connectivity index (χ2n) is 8.09. The third-order valence-electron chi connectivity index (χ3n) is 4.20. The molecular weight excluding hydrogens is 404 g/mol. The van der Waals surface area contributed by atoms with E-state index in [0.29, 0.717) is 30.7 Å². The molecule has 2 aromatic carbocycles. The van der Waals surface area contributed by atoms with E-state index < -0.39 is 10.1 Å². The summed E-state index contributed by atoms with van der Waals surface area (Å²) < 4.78 is 39.5. The van der Waals surface area contributed by atoms with Crippen molar-refractivity contribution < 1.29 is 27.6 Å². The van der Waals surface area contributed by atoms with Crippen LogP contribution in [0.25, 0.3) is 11.1 Å². The standard InChI is InChI=1S/C18H24N2O6S2/c1-19(2,3)13-7-9-15(17(11-13)27-26-25-21)16-10-8-14(20(4,5)6)12-18(16)28(22,23)24/h7-12H,1-6H3/p+2. The molecule has 2 aromatic rings. The van der Waals surface area contributed by atoms with Gasteiger partial charge in [-0.1, -0.05) is 5.04 Å². The van der Waals surface area contributed by atoms with Crippen molar-refractivity contribution >= 4 is 33.5 Å². The fourth-order valence-corrected chi connectivity index (χ4v) is 3.90. The van der Waals surface area contributed by atoms with E-state index in [4.69, 9.17) is 5.26 Å². The van der Waals surface area contributed by atoms with Crippen molar-refractivity contribution in [2.24, 2.45) is 0 Å². The monoisotopic (exact) mass is 430 g/mol. The summed E-state index contributed by atoms with van der Waals surface area (Å²) >= 11 is 0.739. The van der Waals surface area contributed by atoms with Crippen LogP contribution in [0.4, 0.5) is 11.4 Å². The number of quaternary nitrogens is 2.